The minimum atomic E-state index is -3.49. The van der Waals surface area contributed by atoms with Crippen LogP contribution in [0.1, 0.15) is 31.1 Å². The highest BCUT2D eigenvalue weighted by Gasteiger charge is 2.31. The molecule has 1 N–H and O–H groups in total. The summed E-state index contributed by atoms with van der Waals surface area (Å²) >= 11 is 0. The molecule has 9 nitrogen and oxygen atoms in total. The first-order chi connectivity index (χ1) is 13.9. The Bertz CT molecular complexity index is 889. The van der Waals surface area contributed by atoms with E-state index in [0.29, 0.717) is 11.3 Å². The van der Waals surface area contributed by atoms with Gasteiger partial charge in [-0.05, 0) is 25.0 Å². The molecule has 2 amide bonds. The van der Waals surface area contributed by atoms with E-state index in [0.717, 1.165) is 0 Å². The average molecular weight is 442 g/mol. The lowest BCUT2D eigenvalue weighted by molar-refractivity contribution is -0.114. The number of sulfonamides is 1. The molecule has 1 heterocycles. The third-order valence-electron chi connectivity index (χ3n) is 5.14. The van der Waals surface area contributed by atoms with Crippen LogP contribution in [-0.2, 0) is 19.6 Å². The molecule has 0 saturated carbocycles. The number of fused-ring (bicyclic) bond motifs is 1. The van der Waals surface area contributed by atoms with Crippen molar-refractivity contribution in [3.63, 3.8) is 0 Å². The molecule has 0 saturated heterocycles. The van der Waals surface area contributed by atoms with Crippen LogP contribution >= 0.6 is 0 Å². The molecule has 0 aromatic heterocycles. The first-order valence-electron chi connectivity index (χ1n) is 9.73. The fraction of sp³-hybridized carbons (Fsp3) is 0.600. The Hall–Kier alpha value is -2.17. The van der Waals surface area contributed by atoms with Gasteiger partial charge in [0, 0.05) is 45.9 Å². The number of carbonyl (C=O) groups is 2. The van der Waals surface area contributed by atoms with Crippen molar-refractivity contribution in [3.05, 3.63) is 23.8 Å². The summed E-state index contributed by atoms with van der Waals surface area (Å²) in [6.45, 7) is 5.62. The van der Waals surface area contributed by atoms with Crippen LogP contribution in [0.2, 0.25) is 0 Å². The second kappa shape index (κ2) is 9.76. The van der Waals surface area contributed by atoms with E-state index in [-0.39, 0.29) is 49.3 Å². The third-order valence-corrected chi connectivity index (χ3v) is 6.50. The summed E-state index contributed by atoms with van der Waals surface area (Å²) in [4.78, 5) is 26.0. The summed E-state index contributed by atoms with van der Waals surface area (Å²) in [6.07, 6.45) is 0.820. The number of likely N-dealkylation sites (N-methyl/N-ethyl adjacent to an activating group) is 1. The highest BCUT2D eigenvalue weighted by atomic mass is 32.2. The molecule has 1 aliphatic heterocycles. The number of methoxy groups -OCH3 is 1. The Morgan fingerprint density at radius 3 is 2.50 bits per heavy atom. The molecule has 168 valence electrons. The second-order valence-electron chi connectivity index (χ2n) is 7.82. The molecule has 2 rings (SSSR count). The molecule has 1 aromatic carbocycles. The van der Waals surface area contributed by atoms with Crippen LogP contribution in [0, 0.1) is 5.92 Å². The Morgan fingerprint density at radius 2 is 1.93 bits per heavy atom. The van der Waals surface area contributed by atoms with Gasteiger partial charge in [0.25, 0.3) is 5.91 Å². The molecule has 0 unspecified atom stereocenters. The van der Waals surface area contributed by atoms with E-state index in [9.17, 15) is 18.0 Å². The lowest BCUT2D eigenvalue weighted by Gasteiger charge is -2.34. The standard InChI is InChI=1S/C20H31N3O6S/c1-13-10-23(30(6,26)27)14(2)12-29-18-9-16(21-15(3)24)7-8-17(18)20(25)22(4)11-19(13)28-5/h7-9,13-14,19H,10-12H2,1-6H3,(H,21,24)/t13-,14-,19-/m1/s1. The van der Waals surface area contributed by atoms with Gasteiger partial charge in [-0.25, -0.2) is 8.42 Å². The number of anilines is 1. The van der Waals surface area contributed by atoms with Gasteiger partial charge in [-0.3, -0.25) is 9.59 Å². The van der Waals surface area contributed by atoms with Crippen molar-refractivity contribution < 1.29 is 27.5 Å². The zero-order chi connectivity index (χ0) is 22.6. The molecule has 1 aliphatic rings. The topological polar surface area (TPSA) is 105 Å². The van der Waals surface area contributed by atoms with Gasteiger partial charge >= 0.3 is 0 Å². The van der Waals surface area contributed by atoms with Crippen LogP contribution in [0.4, 0.5) is 5.69 Å². The Balaban J connectivity index is 2.50. The van der Waals surface area contributed by atoms with Crippen molar-refractivity contribution in [2.45, 2.75) is 32.9 Å². The Labute approximate surface area is 178 Å². The highest BCUT2D eigenvalue weighted by Crippen LogP contribution is 2.27. The number of ether oxygens (including phenoxy) is 2. The number of nitrogens with zero attached hydrogens (tertiary/aromatic N) is 2. The van der Waals surface area contributed by atoms with Crippen LogP contribution in [0.25, 0.3) is 0 Å². The van der Waals surface area contributed by atoms with Crippen LogP contribution in [0.15, 0.2) is 18.2 Å². The van der Waals surface area contributed by atoms with E-state index in [1.807, 2.05) is 6.92 Å². The minimum Gasteiger partial charge on any atom is -0.491 e. The number of nitrogens with one attached hydrogen (secondary N) is 1. The van der Waals surface area contributed by atoms with Gasteiger partial charge in [-0.2, -0.15) is 4.31 Å². The number of benzene rings is 1. The van der Waals surface area contributed by atoms with E-state index in [2.05, 4.69) is 5.32 Å². The first-order valence-corrected chi connectivity index (χ1v) is 11.6. The Morgan fingerprint density at radius 1 is 1.27 bits per heavy atom. The van der Waals surface area contributed by atoms with Crippen LogP contribution < -0.4 is 10.1 Å². The molecule has 3 atom stereocenters. The number of carbonyl (C=O) groups excluding carboxylic acids is 2. The smallest absolute Gasteiger partial charge is 0.257 e. The van der Waals surface area contributed by atoms with Crippen molar-refractivity contribution in [1.29, 1.82) is 0 Å². The van der Waals surface area contributed by atoms with Crippen LogP contribution in [0.5, 0.6) is 5.75 Å². The highest BCUT2D eigenvalue weighted by molar-refractivity contribution is 7.88. The number of hydrogen-bond acceptors (Lipinski definition) is 6. The number of rotatable bonds is 3. The predicted octanol–water partition coefficient (Wildman–Crippen LogP) is 1.41. The van der Waals surface area contributed by atoms with Gasteiger partial charge < -0.3 is 19.7 Å². The van der Waals surface area contributed by atoms with E-state index in [1.54, 1.807) is 39.3 Å². The van der Waals surface area contributed by atoms with Crippen LogP contribution in [-0.4, -0.2) is 81.7 Å². The van der Waals surface area contributed by atoms with Gasteiger partial charge in [0.2, 0.25) is 15.9 Å². The largest absolute Gasteiger partial charge is 0.491 e. The molecular weight excluding hydrogens is 410 g/mol. The predicted molar refractivity (Wildman–Crippen MR) is 114 cm³/mol. The van der Waals surface area contributed by atoms with E-state index in [4.69, 9.17) is 9.47 Å². The lowest BCUT2D eigenvalue weighted by atomic mass is 10.0. The molecule has 0 aliphatic carbocycles. The van der Waals surface area contributed by atoms with Crippen molar-refractivity contribution in [2.75, 3.05) is 45.4 Å². The van der Waals surface area contributed by atoms with Gasteiger partial charge in [0.1, 0.15) is 12.4 Å². The summed E-state index contributed by atoms with van der Waals surface area (Å²) in [5.74, 6) is -0.369. The monoisotopic (exact) mass is 441 g/mol. The summed E-state index contributed by atoms with van der Waals surface area (Å²) in [5.41, 5.74) is 0.813. The molecule has 10 heteroatoms. The van der Waals surface area contributed by atoms with E-state index in [1.165, 1.54) is 22.4 Å². The third kappa shape index (κ3) is 5.93. The molecular formula is C20H31N3O6S. The van der Waals surface area contributed by atoms with Gasteiger partial charge in [0.15, 0.2) is 0 Å². The fourth-order valence-corrected chi connectivity index (χ4v) is 4.70. The molecule has 1 aromatic rings. The lowest BCUT2D eigenvalue weighted by Crippen LogP contribution is -2.48. The quantitative estimate of drug-likeness (QED) is 0.760. The number of amides is 2. The average Bonchev–Trinajstić information content (AvgIpc) is 2.65. The maximum Gasteiger partial charge on any atom is 0.257 e. The van der Waals surface area contributed by atoms with Crippen molar-refractivity contribution in [3.8, 4) is 5.75 Å². The van der Waals surface area contributed by atoms with Crippen molar-refractivity contribution in [2.24, 2.45) is 5.92 Å². The Kier molecular flexibility index (Phi) is 7.84. The SMILES string of the molecule is CO[C@@H]1CN(C)C(=O)c2ccc(NC(C)=O)cc2OC[C@@H](C)N(S(C)(=O)=O)C[C@H]1C. The summed E-state index contributed by atoms with van der Waals surface area (Å²) < 4.78 is 37.7. The maximum absolute atomic E-state index is 13.1. The van der Waals surface area contributed by atoms with E-state index < -0.39 is 16.1 Å². The van der Waals surface area contributed by atoms with Gasteiger partial charge in [0.05, 0.1) is 24.0 Å². The molecule has 0 fully saturated rings. The normalized spacial score (nSPS) is 24.3. The maximum atomic E-state index is 13.1. The molecule has 0 bridgehead atoms. The fourth-order valence-electron chi connectivity index (χ4n) is 3.48. The zero-order valence-corrected chi connectivity index (χ0v) is 19.2. The number of hydrogen-bond donors (Lipinski definition) is 1. The molecule has 0 spiro atoms. The van der Waals surface area contributed by atoms with Crippen molar-refractivity contribution in [1.82, 2.24) is 9.21 Å². The molecule has 30 heavy (non-hydrogen) atoms. The van der Waals surface area contributed by atoms with Crippen molar-refractivity contribution >= 4 is 27.5 Å². The van der Waals surface area contributed by atoms with E-state index >= 15 is 0 Å². The van der Waals surface area contributed by atoms with Gasteiger partial charge in [-0.15, -0.1) is 0 Å². The zero-order valence-electron chi connectivity index (χ0n) is 18.3. The molecule has 0 radical (unpaired) electrons. The summed E-state index contributed by atoms with van der Waals surface area (Å²) in [5, 5.41) is 2.66. The summed E-state index contributed by atoms with van der Waals surface area (Å²) in [7, 11) is -0.280. The second-order valence-corrected chi connectivity index (χ2v) is 9.76. The minimum absolute atomic E-state index is 0.0466. The van der Waals surface area contributed by atoms with Gasteiger partial charge in [-0.1, -0.05) is 6.92 Å². The summed E-state index contributed by atoms with van der Waals surface area (Å²) in [6, 6.07) is 4.33. The first kappa shape index (κ1) is 24.1. The van der Waals surface area contributed by atoms with Crippen LogP contribution in [0.3, 0.4) is 0 Å².